The molecule has 0 atom stereocenters. The Morgan fingerprint density at radius 2 is 1.77 bits per heavy atom. The van der Waals surface area contributed by atoms with Gasteiger partial charge in [-0.1, -0.05) is 61.9 Å². The standard InChI is InChI=1S/C18H25Cl2N2/c1-2-3-4-5-6-7-10-21-11-12-22(15-21)14-16-8-9-17(19)18(20)13-16/h8-9,11-13,15H,2-7,10,14H2,1H3/q+1. The molecule has 2 rings (SSSR count). The van der Waals surface area contributed by atoms with Gasteiger partial charge in [0.05, 0.1) is 16.6 Å². The van der Waals surface area contributed by atoms with Crippen LogP contribution < -0.4 is 4.57 Å². The van der Waals surface area contributed by atoms with Crippen molar-refractivity contribution >= 4 is 23.2 Å². The highest BCUT2D eigenvalue weighted by atomic mass is 35.5. The molecular formula is C18H25Cl2N2+. The van der Waals surface area contributed by atoms with Crippen LogP contribution in [0.15, 0.2) is 36.9 Å². The van der Waals surface area contributed by atoms with Gasteiger partial charge in [0.1, 0.15) is 18.9 Å². The zero-order valence-corrected chi connectivity index (χ0v) is 14.8. The largest absolute Gasteiger partial charge is 0.244 e. The molecule has 0 bridgehead atoms. The van der Waals surface area contributed by atoms with Crippen LogP contribution in [0, 0.1) is 0 Å². The molecule has 0 unspecified atom stereocenters. The van der Waals surface area contributed by atoms with Gasteiger partial charge >= 0.3 is 0 Å². The maximum atomic E-state index is 6.06. The molecule has 0 fully saturated rings. The van der Waals surface area contributed by atoms with E-state index in [4.69, 9.17) is 23.2 Å². The van der Waals surface area contributed by atoms with Gasteiger partial charge in [-0.25, -0.2) is 9.13 Å². The Bertz CT molecular complexity index is 578. The lowest BCUT2D eigenvalue weighted by atomic mass is 10.1. The molecule has 0 saturated carbocycles. The number of nitrogens with zero attached hydrogens (tertiary/aromatic N) is 2. The summed E-state index contributed by atoms with van der Waals surface area (Å²) in [6.07, 6.45) is 14.4. The van der Waals surface area contributed by atoms with Crippen molar-refractivity contribution in [2.24, 2.45) is 0 Å². The molecule has 0 amide bonds. The topological polar surface area (TPSA) is 8.81 Å². The first-order chi connectivity index (χ1) is 10.7. The molecule has 2 aromatic rings. The van der Waals surface area contributed by atoms with E-state index >= 15 is 0 Å². The monoisotopic (exact) mass is 339 g/mol. The van der Waals surface area contributed by atoms with Crippen LogP contribution >= 0.6 is 23.2 Å². The predicted octanol–water partition coefficient (Wildman–Crippen LogP) is 5.49. The summed E-state index contributed by atoms with van der Waals surface area (Å²) in [6.45, 7) is 4.17. The van der Waals surface area contributed by atoms with Crippen molar-refractivity contribution in [1.82, 2.24) is 4.57 Å². The number of aromatic nitrogens is 2. The Morgan fingerprint density at radius 3 is 2.55 bits per heavy atom. The molecule has 1 aromatic carbocycles. The Hall–Kier alpha value is -0.990. The highest BCUT2D eigenvalue weighted by Crippen LogP contribution is 2.22. The predicted molar refractivity (Wildman–Crippen MR) is 93.6 cm³/mol. The molecule has 1 aromatic heterocycles. The quantitative estimate of drug-likeness (QED) is 0.421. The van der Waals surface area contributed by atoms with Crippen molar-refractivity contribution in [3.8, 4) is 0 Å². The number of hydrogen-bond donors (Lipinski definition) is 0. The first-order valence-electron chi connectivity index (χ1n) is 8.18. The Morgan fingerprint density at radius 1 is 1.00 bits per heavy atom. The van der Waals surface area contributed by atoms with E-state index in [1.807, 2.05) is 18.2 Å². The van der Waals surface area contributed by atoms with Crippen molar-refractivity contribution in [3.05, 3.63) is 52.5 Å². The van der Waals surface area contributed by atoms with Gasteiger partial charge in [-0.15, -0.1) is 0 Å². The van der Waals surface area contributed by atoms with Gasteiger partial charge in [-0.05, 0) is 30.5 Å². The number of rotatable bonds is 9. The summed E-state index contributed by atoms with van der Waals surface area (Å²) >= 11 is 12.0. The van der Waals surface area contributed by atoms with Crippen LogP contribution in [0.3, 0.4) is 0 Å². The van der Waals surface area contributed by atoms with Gasteiger partial charge in [-0.2, -0.15) is 0 Å². The van der Waals surface area contributed by atoms with Gasteiger partial charge in [-0.3, -0.25) is 0 Å². The Kier molecular flexibility index (Phi) is 7.28. The highest BCUT2D eigenvalue weighted by Gasteiger charge is 2.06. The number of halogens is 2. The van der Waals surface area contributed by atoms with Gasteiger partial charge in [0, 0.05) is 0 Å². The average molecular weight is 340 g/mol. The fourth-order valence-electron chi connectivity index (χ4n) is 2.59. The second-order valence-corrected chi connectivity index (χ2v) is 6.65. The number of aryl methyl sites for hydroxylation is 1. The third kappa shape index (κ3) is 5.66. The molecule has 120 valence electrons. The van der Waals surface area contributed by atoms with E-state index in [0.717, 1.165) is 18.7 Å². The van der Waals surface area contributed by atoms with Crippen LogP contribution in [0.4, 0.5) is 0 Å². The zero-order valence-electron chi connectivity index (χ0n) is 13.3. The summed E-state index contributed by atoms with van der Waals surface area (Å²) in [5.41, 5.74) is 1.16. The summed E-state index contributed by atoms with van der Waals surface area (Å²) in [6, 6.07) is 5.81. The van der Waals surface area contributed by atoms with Crippen LogP contribution in [0.1, 0.15) is 51.0 Å². The lowest BCUT2D eigenvalue weighted by Crippen LogP contribution is -2.31. The van der Waals surface area contributed by atoms with Crippen LogP contribution in [0.5, 0.6) is 0 Å². The number of benzene rings is 1. The normalized spacial score (nSPS) is 11.0. The molecule has 0 radical (unpaired) electrons. The average Bonchev–Trinajstić information content (AvgIpc) is 2.94. The molecule has 0 aliphatic carbocycles. The maximum Gasteiger partial charge on any atom is 0.244 e. The molecule has 4 heteroatoms. The molecule has 0 spiro atoms. The highest BCUT2D eigenvalue weighted by molar-refractivity contribution is 6.42. The second kappa shape index (κ2) is 9.22. The molecule has 2 nitrogen and oxygen atoms in total. The van der Waals surface area contributed by atoms with Gasteiger partial charge in [0.25, 0.3) is 0 Å². The van der Waals surface area contributed by atoms with Gasteiger partial charge in [0.2, 0.25) is 6.33 Å². The number of imidazole rings is 1. The van der Waals surface area contributed by atoms with Crippen LogP contribution in [0.25, 0.3) is 0 Å². The Labute approximate surface area is 143 Å². The second-order valence-electron chi connectivity index (χ2n) is 5.84. The van der Waals surface area contributed by atoms with E-state index in [9.17, 15) is 0 Å². The third-order valence-corrected chi connectivity index (χ3v) is 4.60. The van der Waals surface area contributed by atoms with E-state index in [1.165, 1.54) is 38.5 Å². The summed E-state index contributed by atoms with van der Waals surface area (Å²) in [5.74, 6) is 0. The summed E-state index contributed by atoms with van der Waals surface area (Å²) in [4.78, 5) is 0. The minimum Gasteiger partial charge on any atom is -0.237 e. The molecule has 0 aliphatic rings. The lowest BCUT2D eigenvalue weighted by Gasteiger charge is -2.01. The van der Waals surface area contributed by atoms with Gasteiger partial charge in [0.15, 0.2) is 0 Å². The van der Waals surface area contributed by atoms with Crippen molar-refractivity contribution in [2.45, 2.75) is 58.5 Å². The van der Waals surface area contributed by atoms with Crippen LogP contribution in [-0.4, -0.2) is 4.57 Å². The molecule has 1 heterocycles. The molecular weight excluding hydrogens is 315 g/mol. The van der Waals surface area contributed by atoms with Crippen molar-refractivity contribution in [2.75, 3.05) is 0 Å². The fourth-order valence-corrected chi connectivity index (χ4v) is 2.91. The number of hydrogen-bond acceptors (Lipinski definition) is 0. The van der Waals surface area contributed by atoms with E-state index in [2.05, 4.69) is 34.8 Å². The molecule has 0 aliphatic heterocycles. The van der Waals surface area contributed by atoms with Crippen molar-refractivity contribution in [3.63, 3.8) is 0 Å². The minimum atomic E-state index is 0.607. The molecule has 0 N–H and O–H groups in total. The van der Waals surface area contributed by atoms with E-state index in [1.54, 1.807) is 0 Å². The van der Waals surface area contributed by atoms with E-state index < -0.39 is 0 Å². The van der Waals surface area contributed by atoms with Gasteiger partial charge < -0.3 is 0 Å². The number of unbranched alkanes of at least 4 members (excludes halogenated alkanes) is 5. The minimum absolute atomic E-state index is 0.607. The zero-order chi connectivity index (χ0) is 15.8. The summed E-state index contributed by atoms with van der Waals surface area (Å²) < 4.78 is 4.44. The van der Waals surface area contributed by atoms with Crippen LogP contribution in [0.2, 0.25) is 10.0 Å². The van der Waals surface area contributed by atoms with E-state index in [0.29, 0.717) is 10.0 Å². The summed E-state index contributed by atoms with van der Waals surface area (Å²) in [7, 11) is 0. The van der Waals surface area contributed by atoms with Crippen molar-refractivity contribution in [1.29, 1.82) is 0 Å². The Balaban J connectivity index is 1.77. The fraction of sp³-hybridized carbons (Fsp3) is 0.500. The summed E-state index contributed by atoms with van der Waals surface area (Å²) in [5, 5.41) is 1.22. The first kappa shape index (κ1) is 17.4. The molecule has 22 heavy (non-hydrogen) atoms. The smallest absolute Gasteiger partial charge is 0.237 e. The van der Waals surface area contributed by atoms with E-state index in [-0.39, 0.29) is 0 Å². The van der Waals surface area contributed by atoms with Crippen molar-refractivity contribution < 1.29 is 4.57 Å². The van der Waals surface area contributed by atoms with Crippen LogP contribution in [-0.2, 0) is 13.1 Å². The first-order valence-corrected chi connectivity index (χ1v) is 8.93. The lowest BCUT2D eigenvalue weighted by molar-refractivity contribution is -0.687. The third-order valence-electron chi connectivity index (χ3n) is 3.87. The SMILES string of the molecule is CCCCCCCCn1cc[n+](Cc2ccc(Cl)c(Cl)c2)c1. The maximum absolute atomic E-state index is 6.06. The molecule has 0 saturated heterocycles.